The van der Waals surface area contributed by atoms with E-state index >= 15 is 0 Å². The van der Waals surface area contributed by atoms with E-state index in [1.165, 1.54) is 25.7 Å². The molecule has 1 aliphatic rings. The van der Waals surface area contributed by atoms with E-state index in [2.05, 4.69) is 0 Å². The Balaban J connectivity index is 2.07. The molecule has 0 bridgehead atoms. The molecule has 0 unspecified atom stereocenters. The van der Waals surface area contributed by atoms with E-state index in [9.17, 15) is 4.79 Å². The molecule has 1 saturated carbocycles. The number of carbonyl (C=O) groups is 1. The molecule has 0 radical (unpaired) electrons. The SMILES string of the molecule is COC1CCC(CCCC(N)=O)CC1. The second kappa shape index (κ2) is 6.02. The number of rotatable bonds is 5. The molecular formula is C11H21NO2. The molecule has 3 nitrogen and oxygen atoms in total. The van der Waals surface area contributed by atoms with Crippen molar-refractivity contribution in [1.29, 1.82) is 0 Å². The number of hydrogen-bond acceptors (Lipinski definition) is 2. The molecule has 1 amide bonds. The molecule has 0 saturated heterocycles. The molecule has 0 spiro atoms. The first-order chi connectivity index (χ1) is 6.72. The van der Waals surface area contributed by atoms with Crippen molar-refractivity contribution in [3.8, 4) is 0 Å². The highest BCUT2D eigenvalue weighted by Crippen LogP contribution is 2.29. The molecule has 0 aromatic carbocycles. The molecule has 1 rings (SSSR count). The van der Waals surface area contributed by atoms with Gasteiger partial charge in [0, 0.05) is 13.5 Å². The van der Waals surface area contributed by atoms with Gasteiger partial charge >= 0.3 is 0 Å². The van der Waals surface area contributed by atoms with Crippen LogP contribution in [0.15, 0.2) is 0 Å². The van der Waals surface area contributed by atoms with Gasteiger partial charge in [-0.05, 0) is 44.4 Å². The van der Waals surface area contributed by atoms with Crippen molar-refractivity contribution in [3.63, 3.8) is 0 Å². The highest BCUT2D eigenvalue weighted by atomic mass is 16.5. The average molecular weight is 199 g/mol. The molecule has 0 atom stereocenters. The smallest absolute Gasteiger partial charge is 0.217 e. The van der Waals surface area contributed by atoms with Crippen molar-refractivity contribution < 1.29 is 9.53 Å². The van der Waals surface area contributed by atoms with Crippen molar-refractivity contribution in [1.82, 2.24) is 0 Å². The normalized spacial score (nSPS) is 27.5. The Kier molecular flexibility index (Phi) is 4.94. The molecule has 0 aromatic heterocycles. The van der Waals surface area contributed by atoms with E-state index in [4.69, 9.17) is 10.5 Å². The number of primary amides is 1. The van der Waals surface area contributed by atoms with Gasteiger partial charge in [-0.3, -0.25) is 4.79 Å². The van der Waals surface area contributed by atoms with Crippen LogP contribution in [0.4, 0.5) is 0 Å². The Morgan fingerprint density at radius 1 is 1.36 bits per heavy atom. The van der Waals surface area contributed by atoms with Crippen LogP contribution in [-0.2, 0) is 9.53 Å². The lowest BCUT2D eigenvalue weighted by Crippen LogP contribution is -2.20. The van der Waals surface area contributed by atoms with E-state index in [0.717, 1.165) is 18.8 Å². The van der Waals surface area contributed by atoms with Crippen LogP contribution in [0.25, 0.3) is 0 Å². The highest BCUT2D eigenvalue weighted by Gasteiger charge is 2.20. The fourth-order valence-electron chi connectivity index (χ4n) is 2.22. The predicted octanol–water partition coefficient (Wildman–Crippen LogP) is 1.85. The third kappa shape index (κ3) is 4.09. The molecule has 1 fully saturated rings. The molecular weight excluding hydrogens is 178 g/mol. The molecule has 0 heterocycles. The maximum Gasteiger partial charge on any atom is 0.217 e. The van der Waals surface area contributed by atoms with E-state index in [-0.39, 0.29) is 5.91 Å². The molecule has 0 aromatic rings. The van der Waals surface area contributed by atoms with Gasteiger partial charge < -0.3 is 10.5 Å². The van der Waals surface area contributed by atoms with Crippen LogP contribution >= 0.6 is 0 Å². The van der Waals surface area contributed by atoms with E-state index in [0.29, 0.717) is 12.5 Å². The number of nitrogens with two attached hydrogens (primary N) is 1. The van der Waals surface area contributed by atoms with Crippen LogP contribution in [0.1, 0.15) is 44.9 Å². The molecule has 82 valence electrons. The van der Waals surface area contributed by atoms with Gasteiger partial charge in [-0.1, -0.05) is 0 Å². The Morgan fingerprint density at radius 3 is 2.50 bits per heavy atom. The lowest BCUT2D eigenvalue weighted by Gasteiger charge is -2.27. The van der Waals surface area contributed by atoms with Crippen LogP contribution in [0, 0.1) is 5.92 Å². The Bertz CT molecular complexity index is 174. The fraction of sp³-hybridized carbons (Fsp3) is 0.909. The summed E-state index contributed by atoms with van der Waals surface area (Å²) < 4.78 is 5.31. The summed E-state index contributed by atoms with van der Waals surface area (Å²) in [5.41, 5.74) is 5.09. The van der Waals surface area contributed by atoms with E-state index < -0.39 is 0 Å². The summed E-state index contributed by atoms with van der Waals surface area (Å²) in [6, 6.07) is 0. The zero-order chi connectivity index (χ0) is 10.4. The number of carbonyl (C=O) groups excluding carboxylic acids is 1. The van der Waals surface area contributed by atoms with Crippen molar-refractivity contribution in [3.05, 3.63) is 0 Å². The average Bonchev–Trinajstić information content (AvgIpc) is 2.18. The van der Waals surface area contributed by atoms with Crippen LogP contribution in [0.5, 0.6) is 0 Å². The third-order valence-corrected chi connectivity index (χ3v) is 3.16. The van der Waals surface area contributed by atoms with Gasteiger partial charge in [-0.25, -0.2) is 0 Å². The summed E-state index contributed by atoms with van der Waals surface area (Å²) in [7, 11) is 1.79. The van der Waals surface area contributed by atoms with E-state index in [1.54, 1.807) is 7.11 Å². The number of amides is 1. The summed E-state index contributed by atoms with van der Waals surface area (Å²) in [6.45, 7) is 0. The van der Waals surface area contributed by atoms with Crippen molar-refractivity contribution in [2.45, 2.75) is 51.0 Å². The Hall–Kier alpha value is -0.570. The number of hydrogen-bond donors (Lipinski definition) is 1. The largest absolute Gasteiger partial charge is 0.381 e. The van der Waals surface area contributed by atoms with Gasteiger partial charge in [-0.15, -0.1) is 0 Å². The van der Waals surface area contributed by atoms with Crippen molar-refractivity contribution >= 4 is 5.91 Å². The lowest BCUT2D eigenvalue weighted by atomic mass is 9.84. The molecule has 14 heavy (non-hydrogen) atoms. The fourth-order valence-corrected chi connectivity index (χ4v) is 2.22. The van der Waals surface area contributed by atoms with E-state index in [1.807, 2.05) is 0 Å². The second-order valence-electron chi connectivity index (χ2n) is 4.24. The first-order valence-corrected chi connectivity index (χ1v) is 5.53. The standard InChI is InChI=1S/C11H21NO2/c1-14-10-7-5-9(6-8-10)3-2-4-11(12)13/h9-10H,2-8H2,1H3,(H2,12,13). The van der Waals surface area contributed by atoms with Crippen LogP contribution < -0.4 is 5.73 Å². The van der Waals surface area contributed by atoms with Gasteiger partial charge in [0.15, 0.2) is 0 Å². The minimum Gasteiger partial charge on any atom is -0.381 e. The first-order valence-electron chi connectivity index (χ1n) is 5.53. The highest BCUT2D eigenvalue weighted by molar-refractivity contribution is 5.73. The van der Waals surface area contributed by atoms with Crippen LogP contribution in [0.3, 0.4) is 0 Å². The van der Waals surface area contributed by atoms with Crippen LogP contribution in [0.2, 0.25) is 0 Å². The van der Waals surface area contributed by atoms with Crippen molar-refractivity contribution in [2.75, 3.05) is 7.11 Å². The third-order valence-electron chi connectivity index (χ3n) is 3.16. The summed E-state index contributed by atoms with van der Waals surface area (Å²) in [5.74, 6) is 0.622. The van der Waals surface area contributed by atoms with Crippen molar-refractivity contribution in [2.24, 2.45) is 11.7 Å². The Labute approximate surface area is 86.0 Å². The monoisotopic (exact) mass is 199 g/mol. The maximum absolute atomic E-state index is 10.5. The summed E-state index contributed by atoms with van der Waals surface area (Å²) in [5, 5.41) is 0. The molecule has 0 aliphatic heterocycles. The maximum atomic E-state index is 10.5. The summed E-state index contributed by atoms with van der Waals surface area (Å²) >= 11 is 0. The number of ether oxygens (including phenoxy) is 1. The predicted molar refractivity (Wildman–Crippen MR) is 55.8 cm³/mol. The lowest BCUT2D eigenvalue weighted by molar-refractivity contribution is -0.118. The van der Waals surface area contributed by atoms with Crippen LogP contribution in [-0.4, -0.2) is 19.1 Å². The Morgan fingerprint density at radius 2 is 2.00 bits per heavy atom. The van der Waals surface area contributed by atoms with Gasteiger partial charge in [-0.2, -0.15) is 0 Å². The van der Waals surface area contributed by atoms with Gasteiger partial charge in [0.1, 0.15) is 0 Å². The molecule has 1 aliphatic carbocycles. The first kappa shape index (κ1) is 11.5. The quantitative estimate of drug-likeness (QED) is 0.734. The van der Waals surface area contributed by atoms with Gasteiger partial charge in [0.25, 0.3) is 0 Å². The minimum absolute atomic E-state index is 0.171. The number of methoxy groups -OCH3 is 1. The molecule has 3 heteroatoms. The zero-order valence-corrected chi connectivity index (χ0v) is 9.00. The van der Waals surface area contributed by atoms with Gasteiger partial charge in [0.2, 0.25) is 5.91 Å². The summed E-state index contributed by atoms with van der Waals surface area (Å²) in [6.07, 6.45) is 7.98. The second-order valence-corrected chi connectivity index (χ2v) is 4.24. The zero-order valence-electron chi connectivity index (χ0n) is 9.00. The minimum atomic E-state index is -0.171. The topological polar surface area (TPSA) is 52.3 Å². The molecule has 2 N–H and O–H groups in total. The summed E-state index contributed by atoms with van der Waals surface area (Å²) in [4.78, 5) is 10.5. The van der Waals surface area contributed by atoms with Gasteiger partial charge in [0.05, 0.1) is 6.10 Å².